The van der Waals surface area contributed by atoms with Crippen LogP contribution in [0.2, 0.25) is 0 Å². The minimum Gasteiger partial charge on any atom is -0.320 e. The van der Waals surface area contributed by atoms with Gasteiger partial charge in [0.1, 0.15) is 5.82 Å². The number of pyridine rings is 1. The van der Waals surface area contributed by atoms with Gasteiger partial charge in [-0.1, -0.05) is 19.8 Å². The number of aryl methyl sites for hydroxylation is 2. The molecule has 1 aliphatic rings. The second-order valence-corrected chi connectivity index (χ2v) is 7.66. The van der Waals surface area contributed by atoms with Crippen molar-refractivity contribution in [3.05, 3.63) is 41.3 Å². The van der Waals surface area contributed by atoms with E-state index in [1.807, 2.05) is 30.1 Å². The first-order valence-electron chi connectivity index (χ1n) is 9.43. The number of halogens is 1. The second kappa shape index (κ2) is 9.33. The summed E-state index contributed by atoms with van der Waals surface area (Å²) < 4.78 is 1.88. The number of hydrogen-bond acceptors (Lipinski definition) is 4. The molecule has 1 fully saturated rings. The fourth-order valence-electron chi connectivity index (χ4n) is 3.74. The molecule has 0 radical (unpaired) electrons. The topological polar surface area (TPSA) is 85.8 Å². The van der Waals surface area contributed by atoms with Gasteiger partial charge in [0.05, 0.1) is 12.2 Å². The summed E-state index contributed by atoms with van der Waals surface area (Å²) in [4.78, 5) is 16.8. The van der Waals surface area contributed by atoms with Gasteiger partial charge in [0.25, 0.3) is 0 Å². The van der Waals surface area contributed by atoms with Gasteiger partial charge in [-0.05, 0) is 54.9 Å². The van der Waals surface area contributed by atoms with Gasteiger partial charge in [0.15, 0.2) is 0 Å². The Morgan fingerprint density at radius 1 is 1.37 bits per heavy atom. The summed E-state index contributed by atoms with van der Waals surface area (Å²) in [6, 6.07) is 3.41. The summed E-state index contributed by atoms with van der Waals surface area (Å²) in [5.41, 5.74) is 9.62. The Hall–Kier alpha value is -1.92. The van der Waals surface area contributed by atoms with Crippen molar-refractivity contribution >= 4 is 24.1 Å². The van der Waals surface area contributed by atoms with Gasteiger partial charge in [-0.25, -0.2) is 4.98 Å². The van der Waals surface area contributed by atoms with E-state index in [1.54, 1.807) is 6.20 Å². The number of anilines is 1. The number of rotatable bonds is 5. The Labute approximate surface area is 167 Å². The molecule has 27 heavy (non-hydrogen) atoms. The molecule has 2 aromatic rings. The monoisotopic (exact) mass is 391 g/mol. The number of nitrogens with one attached hydrogen (secondary N) is 1. The van der Waals surface area contributed by atoms with E-state index in [1.165, 1.54) is 0 Å². The van der Waals surface area contributed by atoms with Crippen LogP contribution in [0.3, 0.4) is 0 Å². The molecule has 6 nitrogen and oxygen atoms in total. The predicted molar refractivity (Wildman–Crippen MR) is 110 cm³/mol. The molecule has 1 atom stereocenters. The van der Waals surface area contributed by atoms with Crippen LogP contribution in [0.5, 0.6) is 0 Å². The Balaban J connectivity index is 0.00000261. The largest absolute Gasteiger partial charge is 0.320 e. The van der Waals surface area contributed by atoms with Gasteiger partial charge >= 0.3 is 0 Å². The molecular formula is C20H30ClN5O. The third-order valence-corrected chi connectivity index (χ3v) is 5.59. The number of nitrogens with two attached hydrogens (primary N) is 1. The van der Waals surface area contributed by atoms with Crippen molar-refractivity contribution in [2.75, 3.05) is 5.32 Å². The van der Waals surface area contributed by atoms with Gasteiger partial charge in [0, 0.05) is 25.4 Å². The first-order chi connectivity index (χ1) is 12.4. The SMILES string of the molecule is Cc1cnn(C)c1Cc1ccnc(NC(=O)[C@@H](N)C2CCC(C)CC2)c1.Cl. The van der Waals surface area contributed by atoms with E-state index in [9.17, 15) is 4.79 Å². The quantitative estimate of drug-likeness (QED) is 0.819. The lowest BCUT2D eigenvalue weighted by atomic mass is 9.79. The highest BCUT2D eigenvalue weighted by Crippen LogP contribution is 2.30. The van der Waals surface area contributed by atoms with E-state index in [0.29, 0.717) is 5.82 Å². The normalized spacial score (nSPS) is 20.6. The van der Waals surface area contributed by atoms with Gasteiger partial charge in [0.2, 0.25) is 5.91 Å². The minimum absolute atomic E-state index is 0. The summed E-state index contributed by atoms with van der Waals surface area (Å²) in [6.45, 7) is 4.32. The summed E-state index contributed by atoms with van der Waals surface area (Å²) in [5.74, 6) is 1.44. The van der Waals surface area contributed by atoms with E-state index in [0.717, 1.165) is 54.8 Å². The van der Waals surface area contributed by atoms with Crippen molar-refractivity contribution in [2.45, 2.75) is 52.0 Å². The highest BCUT2D eigenvalue weighted by Gasteiger charge is 2.28. The second-order valence-electron chi connectivity index (χ2n) is 7.66. The first-order valence-corrected chi connectivity index (χ1v) is 9.43. The Morgan fingerprint density at radius 2 is 2.07 bits per heavy atom. The Kier molecular flexibility index (Phi) is 7.39. The summed E-state index contributed by atoms with van der Waals surface area (Å²) in [6.07, 6.45) is 8.72. The zero-order chi connectivity index (χ0) is 18.7. The van der Waals surface area contributed by atoms with Crippen LogP contribution in [0.15, 0.2) is 24.5 Å². The van der Waals surface area contributed by atoms with E-state index >= 15 is 0 Å². The molecule has 3 rings (SSSR count). The van der Waals surface area contributed by atoms with E-state index in [4.69, 9.17) is 5.73 Å². The third-order valence-electron chi connectivity index (χ3n) is 5.59. The molecule has 3 N–H and O–H groups in total. The van der Waals surface area contributed by atoms with Crippen molar-refractivity contribution in [2.24, 2.45) is 24.6 Å². The first kappa shape index (κ1) is 21.4. The van der Waals surface area contributed by atoms with Crippen molar-refractivity contribution in [3.8, 4) is 0 Å². The molecule has 0 spiro atoms. The smallest absolute Gasteiger partial charge is 0.242 e. The summed E-state index contributed by atoms with van der Waals surface area (Å²) in [7, 11) is 1.94. The van der Waals surface area contributed by atoms with Crippen molar-refractivity contribution in [1.82, 2.24) is 14.8 Å². The number of nitrogens with zero attached hydrogens (tertiary/aromatic N) is 3. The highest BCUT2D eigenvalue weighted by atomic mass is 35.5. The lowest BCUT2D eigenvalue weighted by Crippen LogP contribution is -2.43. The predicted octanol–water partition coefficient (Wildman–Crippen LogP) is 3.23. The van der Waals surface area contributed by atoms with Crippen LogP contribution in [-0.4, -0.2) is 26.7 Å². The standard InChI is InChI=1S/C20H29N5O.ClH/c1-13-4-6-16(7-5-13)19(21)20(26)24-18-11-15(8-9-22-18)10-17-14(2)12-23-25(17)3;/h8-9,11-13,16,19H,4-7,10,21H2,1-3H3,(H,22,24,26);1H/t13?,16?,19-;/m0./s1. The molecule has 2 aromatic heterocycles. The lowest BCUT2D eigenvalue weighted by molar-refractivity contribution is -0.118. The summed E-state index contributed by atoms with van der Waals surface area (Å²) >= 11 is 0. The van der Waals surface area contributed by atoms with Gasteiger partial charge in [-0.15, -0.1) is 12.4 Å². The fraction of sp³-hybridized carbons (Fsp3) is 0.550. The maximum Gasteiger partial charge on any atom is 0.242 e. The number of carbonyl (C=O) groups is 1. The molecule has 0 bridgehead atoms. The fourth-order valence-corrected chi connectivity index (χ4v) is 3.74. The van der Waals surface area contributed by atoms with E-state index < -0.39 is 6.04 Å². The number of amides is 1. The average Bonchev–Trinajstić information content (AvgIpc) is 2.94. The van der Waals surface area contributed by atoms with Crippen LogP contribution < -0.4 is 11.1 Å². The number of aromatic nitrogens is 3. The van der Waals surface area contributed by atoms with Crippen LogP contribution in [0, 0.1) is 18.8 Å². The van der Waals surface area contributed by atoms with Gasteiger partial charge in [-0.2, -0.15) is 5.10 Å². The van der Waals surface area contributed by atoms with Crippen molar-refractivity contribution in [1.29, 1.82) is 0 Å². The van der Waals surface area contributed by atoms with Crippen LogP contribution in [0.4, 0.5) is 5.82 Å². The Bertz CT molecular complexity index is 748. The molecule has 0 unspecified atom stereocenters. The van der Waals surface area contributed by atoms with Gasteiger partial charge < -0.3 is 11.1 Å². The zero-order valence-electron chi connectivity index (χ0n) is 16.3. The molecular weight excluding hydrogens is 362 g/mol. The molecule has 148 valence electrons. The number of hydrogen-bond donors (Lipinski definition) is 2. The zero-order valence-corrected chi connectivity index (χ0v) is 17.1. The van der Waals surface area contributed by atoms with Gasteiger partial charge in [-0.3, -0.25) is 9.48 Å². The molecule has 0 saturated heterocycles. The third kappa shape index (κ3) is 5.30. The average molecular weight is 392 g/mol. The highest BCUT2D eigenvalue weighted by molar-refractivity contribution is 5.94. The maximum absolute atomic E-state index is 12.5. The molecule has 1 saturated carbocycles. The van der Waals surface area contributed by atoms with E-state index in [-0.39, 0.29) is 24.2 Å². The van der Waals surface area contributed by atoms with Crippen LogP contribution in [-0.2, 0) is 18.3 Å². The minimum atomic E-state index is -0.465. The van der Waals surface area contributed by atoms with Crippen molar-refractivity contribution in [3.63, 3.8) is 0 Å². The summed E-state index contributed by atoms with van der Waals surface area (Å²) in [5, 5.41) is 7.18. The van der Waals surface area contributed by atoms with Crippen LogP contribution in [0.1, 0.15) is 49.4 Å². The van der Waals surface area contributed by atoms with Crippen molar-refractivity contribution < 1.29 is 4.79 Å². The molecule has 1 aliphatic carbocycles. The Morgan fingerprint density at radius 3 is 2.70 bits per heavy atom. The molecule has 7 heteroatoms. The molecule has 1 amide bonds. The lowest BCUT2D eigenvalue weighted by Gasteiger charge is -2.29. The molecule has 2 heterocycles. The van der Waals surface area contributed by atoms with E-state index in [2.05, 4.69) is 29.2 Å². The maximum atomic E-state index is 12.5. The number of carbonyl (C=O) groups excluding carboxylic acids is 1. The van der Waals surface area contributed by atoms with Crippen LogP contribution in [0.25, 0.3) is 0 Å². The molecule has 0 aliphatic heterocycles. The van der Waals surface area contributed by atoms with Crippen LogP contribution >= 0.6 is 12.4 Å². The molecule has 0 aromatic carbocycles.